The number of nitrogens with one attached hydrogen (secondary N) is 1. The molecular formula is C19H18ClN3O. The van der Waals surface area contributed by atoms with Crippen LogP contribution in [0.2, 0.25) is 5.02 Å². The average Bonchev–Trinajstić information content (AvgIpc) is 2.92. The van der Waals surface area contributed by atoms with Crippen LogP contribution in [0.5, 0.6) is 0 Å². The van der Waals surface area contributed by atoms with Crippen molar-refractivity contribution in [3.05, 3.63) is 70.7 Å². The van der Waals surface area contributed by atoms with Crippen LogP contribution < -0.4 is 5.32 Å². The molecule has 0 aliphatic rings. The van der Waals surface area contributed by atoms with Gasteiger partial charge in [-0.15, -0.1) is 0 Å². The molecule has 0 saturated carbocycles. The predicted molar refractivity (Wildman–Crippen MR) is 97.3 cm³/mol. The molecule has 3 aromatic rings. The van der Waals surface area contributed by atoms with Crippen molar-refractivity contribution in [2.24, 2.45) is 0 Å². The minimum atomic E-state index is -0.122. The first kappa shape index (κ1) is 16.3. The van der Waals surface area contributed by atoms with Crippen LogP contribution in [0.1, 0.15) is 18.1 Å². The van der Waals surface area contributed by atoms with Gasteiger partial charge in [0.2, 0.25) is 5.91 Å². The zero-order chi connectivity index (χ0) is 17.1. The maximum absolute atomic E-state index is 11.5. The highest BCUT2D eigenvalue weighted by atomic mass is 35.5. The second-order valence-electron chi connectivity index (χ2n) is 5.75. The first-order valence-electron chi connectivity index (χ1n) is 7.68. The topological polar surface area (TPSA) is 46.9 Å². The summed E-state index contributed by atoms with van der Waals surface area (Å²) in [5, 5.41) is 8.19. The van der Waals surface area contributed by atoms with Crippen LogP contribution in [0.25, 0.3) is 11.3 Å². The van der Waals surface area contributed by atoms with Gasteiger partial charge in [-0.3, -0.25) is 4.79 Å². The Hall–Kier alpha value is -2.59. The van der Waals surface area contributed by atoms with Gasteiger partial charge in [-0.2, -0.15) is 5.10 Å². The van der Waals surface area contributed by atoms with E-state index < -0.39 is 0 Å². The third kappa shape index (κ3) is 3.84. The number of hydrogen-bond acceptors (Lipinski definition) is 2. The van der Waals surface area contributed by atoms with Gasteiger partial charge in [0.25, 0.3) is 0 Å². The number of carbonyl (C=O) groups is 1. The molecule has 1 amide bonds. The van der Waals surface area contributed by atoms with Crippen molar-refractivity contribution in [1.82, 2.24) is 9.78 Å². The van der Waals surface area contributed by atoms with Gasteiger partial charge in [0, 0.05) is 23.6 Å². The lowest BCUT2D eigenvalue weighted by Gasteiger charge is -2.07. The molecule has 0 fully saturated rings. The highest BCUT2D eigenvalue weighted by Gasteiger charge is 2.11. The molecule has 24 heavy (non-hydrogen) atoms. The van der Waals surface area contributed by atoms with Crippen LogP contribution >= 0.6 is 11.6 Å². The predicted octanol–water partition coefficient (Wildman–Crippen LogP) is 4.52. The Morgan fingerprint density at radius 3 is 2.42 bits per heavy atom. The molecule has 0 spiro atoms. The Balaban J connectivity index is 1.95. The van der Waals surface area contributed by atoms with E-state index in [-0.39, 0.29) is 5.91 Å². The van der Waals surface area contributed by atoms with Gasteiger partial charge < -0.3 is 5.32 Å². The zero-order valence-corrected chi connectivity index (χ0v) is 14.3. The number of amides is 1. The van der Waals surface area contributed by atoms with E-state index in [0.717, 1.165) is 16.8 Å². The second-order valence-corrected chi connectivity index (χ2v) is 6.18. The van der Waals surface area contributed by atoms with E-state index in [9.17, 15) is 4.79 Å². The Morgan fingerprint density at radius 2 is 1.79 bits per heavy atom. The lowest BCUT2D eigenvalue weighted by Crippen LogP contribution is -2.12. The summed E-state index contributed by atoms with van der Waals surface area (Å²) >= 11 is 5.93. The standard InChI is InChI=1S/C19H18ClN3O/c1-13-3-7-16(8-4-13)18-11-19(21-14(2)24)23(22-18)12-15-5-9-17(20)10-6-15/h3-11H,12H2,1-2H3,(H,21,24). The smallest absolute Gasteiger partial charge is 0.222 e. The summed E-state index contributed by atoms with van der Waals surface area (Å²) in [6, 6.07) is 17.6. The van der Waals surface area contributed by atoms with Crippen molar-refractivity contribution >= 4 is 23.3 Å². The lowest BCUT2D eigenvalue weighted by atomic mass is 10.1. The monoisotopic (exact) mass is 339 g/mol. The Labute approximate surface area is 146 Å². The maximum atomic E-state index is 11.5. The molecule has 1 heterocycles. The average molecular weight is 340 g/mol. The fraction of sp³-hybridized carbons (Fsp3) is 0.158. The summed E-state index contributed by atoms with van der Waals surface area (Å²) in [5.41, 5.74) is 4.10. The summed E-state index contributed by atoms with van der Waals surface area (Å²) in [6.07, 6.45) is 0. The van der Waals surface area contributed by atoms with E-state index >= 15 is 0 Å². The Kier molecular flexibility index (Phi) is 4.67. The van der Waals surface area contributed by atoms with Crippen LogP contribution in [0.3, 0.4) is 0 Å². The van der Waals surface area contributed by atoms with Crippen LogP contribution in [0.15, 0.2) is 54.6 Å². The molecule has 2 aromatic carbocycles. The fourth-order valence-corrected chi connectivity index (χ4v) is 2.57. The molecule has 0 aliphatic carbocycles. The highest BCUT2D eigenvalue weighted by Crippen LogP contribution is 2.23. The first-order chi connectivity index (χ1) is 11.5. The number of benzene rings is 2. The molecule has 4 nitrogen and oxygen atoms in total. The molecule has 0 atom stereocenters. The van der Waals surface area contributed by atoms with Gasteiger partial charge >= 0.3 is 0 Å². The number of halogens is 1. The van der Waals surface area contributed by atoms with Crippen LogP contribution in [-0.2, 0) is 11.3 Å². The summed E-state index contributed by atoms with van der Waals surface area (Å²) in [7, 11) is 0. The van der Waals surface area contributed by atoms with Crippen molar-refractivity contribution < 1.29 is 4.79 Å². The Bertz CT molecular complexity index is 851. The van der Waals surface area contributed by atoms with Crippen LogP contribution in [0, 0.1) is 6.92 Å². The van der Waals surface area contributed by atoms with Gasteiger partial charge in [0.05, 0.1) is 12.2 Å². The van der Waals surface area contributed by atoms with Crippen molar-refractivity contribution in [2.75, 3.05) is 5.32 Å². The number of anilines is 1. The molecule has 1 aromatic heterocycles. The molecule has 1 N–H and O–H groups in total. The van der Waals surface area contributed by atoms with Gasteiger partial charge in [0.1, 0.15) is 5.82 Å². The SMILES string of the molecule is CC(=O)Nc1cc(-c2ccc(C)cc2)nn1Cc1ccc(Cl)cc1. The minimum Gasteiger partial charge on any atom is -0.311 e. The largest absolute Gasteiger partial charge is 0.311 e. The summed E-state index contributed by atoms with van der Waals surface area (Å²) in [5.74, 6) is 0.552. The number of aryl methyl sites for hydroxylation is 1. The van der Waals surface area contributed by atoms with Gasteiger partial charge in [-0.1, -0.05) is 53.6 Å². The van der Waals surface area contributed by atoms with E-state index in [1.54, 1.807) is 4.68 Å². The summed E-state index contributed by atoms with van der Waals surface area (Å²) < 4.78 is 1.79. The lowest BCUT2D eigenvalue weighted by molar-refractivity contribution is -0.114. The van der Waals surface area contributed by atoms with E-state index in [1.807, 2.05) is 61.5 Å². The first-order valence-corrected chi connectivity index (χ1v) is 8.06. The molecule has 0 saturated heterocycles. The van der Waals surface area contributed by atoms with E-state index in [1.165, 1.54) is 12.5 Å². The number of rotatable bonds is 4. The third-order valence-electron chi connectivity index (χ3n) is 3.68. The van der Waals surface area contributed by atoms with E-state index in [0.29, 0.717) is 17.4 Å². The third-order valence-corrected chi connectivity index (χ3v) is 3.93. The molecule has 0 aliphatic heterocycles. The van der Waals surface area contributed by atoms with Crippen molar-refractivity contribution in [3.8, 4) is 11.3 Å². The number of aromatic nitrogens is 2. The van der Waals surface area contributed by atoms with Crippen LogP contribution in [0.4, 0.5) is 5.82 Å². The second kappa shape index (κ2) is 6.89. The van der Waals surface area contributed by atoms with Crippen LogP contribution in [-0.4, -0.2) is 15.7 Å². The molecule has 0 radical (unpaired) electrons. The van der Waals surface area contributed by atoms with E-state index in [4.69, 9.17) is 11.6 Å². The molecule has 5 heteroatoms. The van der Waals surface area contributed by atoms with Gasteiger partial charge in [0.15, 0.2) is 0 Å². The number of nitrogens with zero attached hydrogens (tertiary/aromatic N) is 2. The molecule has 0 bridgehead atoms. The van der Waals surface area contributed by atoms with Crippen molar-refractivity contribution in [2.45, 2.75) is 20.4 Å². The Morgan fingerprint density at radius 1 is 1.12 bits per heavy atom. The van der Waals surface area contributed by atoms with Gasteiger partial charge in [-0.05, 0) is 24.6 Å². The van der Waals surface area contributed by atoms with Crippen molar-refractivity contribution in [3.63, 3.8) is 0 Å². The molecule has 0 unspecified atom stereocenters. The van der Waals surface area contributed by atoms with Crippen molar-refractivity contribution in [1.29, 1.82) is 0 Å². The maximum Gasteiger partial charge on any atom is 0.222 e. The molecule has 122 valence electrons. The zero-order valence-electron chi connectivity index (χ0n) is 13.6. The summed E-state index contributed by atoms with van der Waals surface area (Å²) in [6.45, 7) is 4.09. The van der Waals surface area contributed by atoms with Gasteiger partial charge in [-0.25, -0.2) is 4.68 Å². The summed E-state index contributed by atoms with van der Waals surface area (Å²) in [4.78, 5) is 11.5. The fourth-order valence-electron chi connectivity index (χ4n) is 2.45. The highest BCUT2D eigenvalue weighted by molar-refractivity contribution is 6.30. The number of carbonyl (C=O) groups excluding carboxylic acids is 1. The normalized spacial score (nSPS) is 10.6. The number of hydrogen-bond donors (Lipinski definition) is 1. The molecular weight excluding hydrogens is 322 g/mol. The minimum absolute atomic E-state index is 0.122. The van der Waals surface area contributed by atoms with E-state index in [2.05, 4.69) is 10.4 Å². The quantitative estimate of drug-likeness (QED) is 0.759. The molecule has 3 rings (SSSR count).